The van der Waals surface area contributed by atoms with Crippen molar-refractivity contribution < 1.29 is 48.5 Å². The first-order valence-corrected chi connectivity index (χ1v) is 16.1. The summed E-state index contributed by atoms with van der Waals surface area (Å²) in [6, 6.07) is 17.3. The van der Waals surface area contributed by atoms with Gasteiger partial charge in [-0.25, -0.2) is 0 Å². The standard InChI is InChI=1S/C38H39NO10/c1-5-6-8-21-9-7-10-23(38(21)43)20-39-27-16-25(44-2)17-32(45-3)36(27)26-18-30(47-33-15-24(40)14-28(41)37(26)33)22-11-12-29-31(13-22)49-35(48-29)19-34(42)46-4/h7,9-17,20,26,30,35,40-41,43H,5-6,8,18-19H2,1-4H3/t26?,30-,35?/m0/s1. The molecule has 3 atom stereocenters. The first-order valence-electron chi connectivity index (χ1n) is 16.1. The van der Waals surface area contributed by atoms with Crippen LogP contribution >= 0.6 is 0 Å². The van der Waals surface area contributed by atoms with Gasteiger partial charge in [-0.2, -0.15) is 0 Å². The van der Waals surface area contributed by atoms with Gasteiger partial charge in [-0.1, -0.05) is 31.5 Å². The Balaban J connectivity index is 1.43. The summed E-state index contributed by atoms with van der Waals surface area (Å²) in [5.41, 5.74) is 3.75. The number of esters is 1. The number of hydrogen-bond donors (Lipinski definition) is 3. The van der Waals surface area contributed by atoms with Crippen LogP contribution < -0.4 is 23.7 Å². The summed E-state index contributed by atoms with van der Waals surface area (Å²) in [4.78, 5) is 16.7. The third kappa shape index (κ3) is 6.87. The van der Waals surface area contributed by atoms with E-state index in [0.29, 0.717) is 51.8 Å². The normalized spacial score (nSPS) is 17.8. The molecule has 11 nitrogen and oxygen atoms in total. The lowest BCUT2D eigenvalue weighted by atomic mass is 9.80. The van der Waals surface area contributed by atoms with Crippen molar-refractivity contribution >= 4 is 17.9 Å². The second-order valence-electron chi connectivity index (χ2n) is 11.9. The van der Waals surface area contributed by atoms with Gasteiger partial charge in [0.1, 0.15) is 47.0 Å². The van der Waals surface area contributed by atoms with Gasteiger partial charge in [0, 0.05) is 53.1 Å². The van der Waals surface area contributed by atoms with Gasteiger partial charge in [0.15, 0.2) is 11.5 Å². The Labute approximate surface area is 284 Å². The second kappa shape index (κ2) is 14.3. The van der Waals surface area contributed by atoms with Gasteiger partial charge in [-0.05, 0) is 48.6 Å². The number of aromatic hydroxyl groups is 3. The average Bonchev–Trinajstić information content (AvgIpc) is 3.50. The molecule has 6 rings (SSSR count). The highest BCUT2D eigenvalue weighted by Crippen LogP contribution is 2.55. The summed E-state index contributed by atoms with van der Waals surface area (Å²) in [7, 11) is 4.40. The Morgan fingerprint density at radius 2 is 1.73 bits per heavy atom. The number of para-hydroxylation sites is 1. The number of fused-ring (bicyclic) bond motifs is 2. The van der Waals surface area contributed by atoms with Crippen molar-refractivity contribution in [3.63, 3.8) is 0 Å². The zero-order valence-corrected chi connectivity index (χ0v) is 27.8. The minimum atomic E-state index is -0.817. The summed E-state index contributed by atoms with van der Waals surface area (Å²) < 4.78 is 34.3. The number of ether oxygens (including phenoxy) is 6. The van der Waals surface area contributed by atoms with E-state index in [0.717, 1.165) is 30.4 Å². The number of nitrogens with zero attached hydrogens (tertiary/aromatic N) is 1. The molecule has 4 aromatic rings. The highest BCUT2D eigenvalue weighted by molar-refractivity contribution is 5.87. The van der Waals surface area contributed by atoms with Gasteiger partial charge in [0.25, 0.3) is 6.29 Å². The fourth-order valence-electron chi connectivity index (χ4n) is 6.32. The maximum Gasteiger partial charge on any atom is 0.313 e. The van der Waals surface area contributed by atoms with Crippen LogP contribution in [-0.4, -0.2) is 55.1 Å². The quantitative estimate of drug-likeness (QED) is 0.110. The molecule has 0 spiro atoms. The molecule has 49 heavy (non-hydrogen) atoms. The van der Waals surface area contributed by atoms with Gasteiger partial charge >= 0.3 is 5.97 Å². The van der Waals surface area contributed by atoms with Crippen molar-refractivity contribution in [2.24, 2.45) is 4.99 Å². The Kier molecular flexibility index (Phi) is 9.70. The number of phenolic OH excluding ortho intramolecular Hbond substituents is 3. The van der Waals surface area contributed by atoms with E-state index in [1.54, 1.807) is 50.8 Å². The van der Waals surface area contributed by atoms with Crippen molar-refractivity contribution in [2.75, 3.05) is 21.3 Å². The number of phenols is 3. The Morgan fingerprint density at radius 1 is 0.918 bits per heavy atom. The lowest BCUT2D eigenvalue weighted by molar-refractivity contribution is -0.145. The van der Waals surface area contributed by atoms with E-state index in [-0.39, 0.29) is 29.4 Å². The lowest BCUT2D eigenvalue weighted by Gasteiger charge is -2.34. The number of aryl methyl sites for hydroxylation is 1. The van der Waals surface area contributed by atoms with E-state index < -0.39 is 24.3 Å². The minimum absolute atomic E-state index is 0.0736. The largest absolute Gasteiger partial charge is 0.508 e. The van der Waals surface area contributed by atoms with E-state index in [1.807, 2.05) is 18.2 Å². The van der Waals surface area contributed by atoms with Crippen LogP contribution in [0.4, 0.5) is 5.69 Å². The zero-order chi connectivity index (χ0) is 34.7. The van der Waals surface area contributed by atoms with Crippen LogP contribution in [0.15, 0.2) is 65.7 Å². The highest BCUT2D eigenvalue weighted by Gasteiger charge is 2.37. The predicted molar refractivity (Wildman–Crippen MR) is 181 cm³/mol. The summed E-state index contributed by atoms with van der Waals surface area (Å²) in [5, 5.41) is 32.7. The maximum atomic E-state index is 11.8. The van der Waals surface area contributed by atoms with Crippen molar-refractivity contribution in [1.29, 1.82) is 0 Å². The first kappa shape index (κ1) is 33.3. The van der Waals surface area contributed by atoms with E-state index >= 15 is 0 Å². The number of unbranched alkanes of at least 4 members (excludes halogenated alkanes) is 1. The fourth-order valence-corrected chi connectivity index (χ4v) is 6.32. The van der Waals surface area contributed by atoms with Crippen molar-refractivity contribution in [3.05, 3.63) is 88.5 Å². The molecule has 0 amide bonds. The third-order valence-electron chi connectivity index (χ3n) is 8.78. The molecule has 256 valence electrons. The lowest BCUT2D eigenvalue weighted by Crippen LogP contribution is -2.22. The molecule has 0 aromatic heterocycles. The van der Waals surface area contributed by atoms with Gasteiger partial charge < -0.3 is 43.7 Å². The number of carbonyl (C=O) groups is 1. The third-order valence-corrected chi connectivity index (χ3v) is 8.78. The van der Waals surface area contributed by atoms with Gasteiger partial charge in [-0.3, -0.25) is 9.79 Å². The van der Waals surface area contributed by atoms with Gasteiger partial charge in [0.2, 0.25) is 0 Å². The molecule has 3 N–H and O–H groups in total. The Hall–Kier alpha value is -5.58. The summed E-state index contributed by atoms with van der Waals surface area (Å²) >= 11 is 0. The number of methoxy groups -OCH3 is 3. The molecular weight excluding hydrogens is 630 g/mol. The minimum Gasteiger partial charge on any atom is -0.508 e. The fraction of sp³-hybridized carbons (Fsp3) is 0.316. The summed E-state index contributed by atoms with van der Waals surface area (Å²) in [6.07, 6.45) is 3.19. The molecule has 2 aliphatic rings. The highest BCUT2D eigenvalue weighted by atomic mass is 16.7. The Bertz CT molecular complexity index is 1890. The molecule has 4 aromatic carbocycles. The molecule has 0 fully saturated rings. The van der Waals surface area contributed by atoms with Crippen molar-refractivity contribution in [1.82, 2.24) is 0 Å². The van der Waals surface area contributed by atoms with E-state index in [2.05, 4.69) is 6.92 Å². The molecule has 2 heterocycles. The van der Waals surface area contributed by atoms with E-state index in [9.17, 15) is 20.1 Å². The number of carbonyl (C=O) groups excluding carboxylic acids is 1. The molecular formula is C38H39NO10. The van der Waals surface area contributed by atoms with Crippen LogP contribution in [0.2, 0.25) is 0 Å². The molecule has 0 saturated heterocycles. The monoisotopic (exact) mass is 669 g/mol. The SMILES string of the molecule is CCCCc1cccc(C=Nc2cc(OC)cc(OC)c2C2C[C@@H](c3ccc4c(c3)OC(CC(=O)OC)O4)Oc3cc(O)cc(O)c32)c1O. The number of aliphatic imine (C=N–C) groups is 1. The molecule has 0 saturated carbocycles. The topological polar surface area (TPSA) is 146 Å². The van der Waals surface area contributed by atoms with E-state index in [1.165, 1.54) is 19.2 Å². The number of hydrogen-bond acceptors (Lipinski definition) is 11. The smallest absolute Gasteiger partial charge is 0.313 e. The van der Waals surface area contributed by atoms with Crippen LogP contribution in [0.1, 0.15) is 72.4 Å². The molecule has 2 aliphatic heterocycles. The predicted octanol–water partition coefficient (Wildman–Crippen LogP) is 7.23. The molecule has 2 unspecified atom stereocenters. The van der Waals surface area contributed by atoms with E-state index in [4.69, 9.17) is 33.4 Å². The number of rotatable bonds is 11. The van der Waals surface area contributed by atoms with Crippen molar-refractivity contribution in [3.8, 4) is 46.0 Å². The second-order valence-corrected chi connectivity index (χ2v) is 11.9. The number of benzene rings is 4. The Morgan fingerprint density at radius 3 is 2.49 bits per heavy atom. The first-order chi connectivity index (χ1) is 23.7. The van der Waals surface area contributed by atoms with Gasteiger partial charge in [0.05, 0.1) is 27.0 Å². The summed E-state index contributed by atoms with van der Waals surface area (Å²) in [6.45, 7) is 2.10. The van der Waals surface area contributed by atoms with Crippen LogP contribution in [0.5, 0.6) is 46.0 Å². The molecule has 0 aliphatic carbocycles. The summed E-state index contributed by atoms with van der Waals surface area (Å²) in [5.74, 6) is 1.06. The van der Waals surface area contributed by atoms with Crippen molar-refractivity contribution in [2.45, 2.75) is 57.3 Å². The zero-order valence-electron chi connectivity index (χ0n) is 27.8. The van der Waals surface area contributed by atoms with Gasteiger partial charge in [-0.15, -0.1) is 0 Å². The van der Waals surface area contributed by atoms with Crippen LogP contribution in [-0.2, 0) is 16.0 Å². The maximum absolute atomic E-state index is 11.8. The van der Waals surface area contributed by atoms with Crippen LogP contribution in [0.3, 0.4) is 0 Å². The molecule has 0 radical (unpaired) electrons. The molecule has 11 heteroatoms. The van der Waals surface area contributed by atoms with Crippen LogP contribution in [0, 0.1) is 0 Å². The average molecular weight is 670 g/mol. The molecule has 0 bridgehead atoms. The van der Waals surface area contributed by atoms with Crippen LogP contribution in [0.25, 0.3) is 0 Å².